The van der Waals surface area contributed by atoms with Gasteiger partial charge in [0.25, 0.3) is 11.8 Å². The number of benzene rings is 3. The summed E-state index contributed by atoms with van der Waals surface area (Å²) >= 11 is 0. The van der Waals surface area contributed by atoms with Crippen LogP contribution in [0.2, 0.25) is 0 Å². The van der Waals surface area contributed by atoms with Crippen LogP contribution >= 0.6 is 0 Å². The van der Waals surface area contributed by atoms with E-state index in [0.29, 0.717) is 11.1 Å². The minimum Gasteiger partial charge on any atom is -0.321 e. The molecule has 0 aliphatic heterocycles. The Hall–Kier alpha value is -3.40. The van der Waals surface area contributed by atoms with Crippen LogP contribution in [-0.4, -0.2) is 11.8 Å². The molecule has 0 atom stereocenters. The van der Waals surface area contributed by atoms with Crippen molar-refractivity contribution >= 4 is 23.2 Å². The van der Waals surface area contributed by atoms with Gasteiger partial charge >= 0.3 is 0 Å². The van der Waals surface area contributed by atoms with Crippen molar-refractivity contribution in [3.8, 4) is 0 Å². The Morgan fingerprint density at radius 3 is 1.40 bits per heavy atom. The smallest absolute Gasteiger partial charge is 0.256 e. The Morgan fingerprint density at radius 1 is 0.633 bits per heavy atom. The number of rotatable bonds is 6. The first-order chi connectivity index (χ1) is 14.5. The largest absolute Gasteiger partial charge is 0.321 e. The number of carbonyl (C=O) groups is 2. The van der Waals surface area contributed by atoms with E-state index in [1.165, 1.54) is 0 Å². The van der Waals surface area contributed by atoms with E-state index in [1.54, 1.807) is 24.3 Å². The third kappa shape index (κ3) is 4.43. The van der Waals surface area contributed by atoms with Crippen LogP contribution in [-0.2, 0) is 12.8 Å². The number of nitrogens with one attached hydrogen (secondary N) is 2. The number of carbonyl (C=O) groups excluding carboxylic acids is 2. The van der Waals surface area contributed by atoms with Gasteiger partial charge in [-0.3, -0.25) is 9.59 Å². The number of hydrogen-bond acceptors (Lipinski definition) is 2. The van der Waals surface area contributed by atoms with Gasteiger partial charge in [0.15, 0.2) is 0 Å². The molecule has 4 heteroatoms. The van der Waals surface area contributed by atoms with Crippen LogP contribution in [0.25, 0.3) is 0 Å². The quantitative estimate of drug-likeness (QED) is 0.538. The molecule has 30 heavy (non-hydrogen) atoms. The average Bonchev–Trinajstić information content (AvgIpc) is 2.76. The lowest BCUT2D eigenvalue weighted by Crippen LogP contribution is -2.21. The number of aryl methyl sites for hydroxylation is 4. The predicted molar refractivity (Wildman–Crippen MR) is 123 cm³/mol. The maximum Gasteiger partial charge on any atom is 0.256 e. The standard InChI is InChI=1S/C26H28N2O2/c1-5-19-13-9-11-17(3)23(19)27-25(29)21-15-7-8-16-22(21)26(30)28-24-18(4)12-10-14-20(24)6-2/h7-16H,5-6H2,1-4H3,(H,27,29)(H,28,30). The third-order valence-electron chi connectivity index (χ3n) is 5.37. The first-order valence-corrected chi connectivity index (χ1v) is 10.3. The number of hydrogen-bond donors (Lipinski definition) is 2. The van der Waals surface area contributed by atoms with E-state index >= 15 is 0 Å². The molecule has 2 amide bonds. The zero-order chi connectivity index (χ0) is 21.7. The molecular formula is C26H28N2O2. The lowest BCUT2D eigenvalue weighted by molar-refractivity contribution is 0.0990. The summed E-state index contributed by atoms with van der Waals surface area (Å²) in [6.07, 6.45) is 1.62. The maximum atomic E-state index is 13.1. The molecule has 0 saturated heterocycles. The molecule has 2 N–H and O–H groups in total. The molecule has 0 spiro atoms. The molecule has 3 aromatic rings. The molecule has 4 nitrogen and oxygen atoms in total. The van der Waals surface area contributed by atoms with Crippen molar-refractivity contribution in [3.05, 3.63) is 94.0 Å². The summed E-state index contributed by atoms with van der Waals surface area (Å²) < 4.78 is 0. The molecule has 0 aliphatic rings. The van der Waals surface area contributed by atoms with E-state index in [4.69, 9.17) is 0 Å². The highest BCUT2D eigenvalue weighted by molar-refractivity contribution is 6.15. The number of para-hydroxylation sites is 2. The van der Waals surface area contributed by atoms with E-state index in [0.717, 1.165) is 46.5 Å². The molecule has 154 valence electrons. The average molecular weight is 401 g/mol. The van der Waals surface area contributed by atoms with Crippen LogP contribution in [0.3, 0.4) is 0 Å². The van der Waals surface area contributed by atoms with Gasteiger partial charge in [0.05, 0.1) is 11.1 Å². The van der Waals surface area contributed by atoms with Crippen LogP contribution < -0.4 is 10.6 Å². The van der Waals surface area contributed by atoms with Crippen molar-refractivity contribution in [3.63, 3.8) is 0 Å². The Bertz CT molecular complexity index is 1000. The van der Waals surface area contributed by atoms with Crippen molar-refractivity contribution in [1.29, 1.82) is 0 Å². The fraction of sp³-hybridized carbons (Fsp3) is 0.231. The minimum atomic E-state index is -0.287. The van der Waals surface area contributed by atoms with Crippen molar-refractivity contribution < 1.29 is 9.59 Å². The number of anilines is 2. The van der Waals surface area contributed by atoms with E-state index in [2.05, 4.69) is 24.5 Å². The highest BCUT2D eigenvalue weighted by Crippen LogP contribution is 2.24. The summed E-state index contributed by atoms with van der Waals surface area (Å²) in [6, 6.07) is 18.8. The van der Waals surface area contributed by atoms with Crippen molar-refractivity contribution in [2.75, 3.05) is 10.6 Å². The van der Waals surface area contributed by atoms with Crippen LogP contribution in [0, 0.1) is 13.8 Å². The monoisotopic (exact) mass is 400 g/mol. The molecule has 0 heterocycles. The summed E-state index contributed by atoms with van der Waals surface area (Å²) in [5.41, 5.74) is 6.46. The summed E-state index contributed by atoms with van der Waals surface area (Å²) in [6.45, 7) is 8.05. The molecule has 3 aromatic carbocycles. The second-order valence-corrected chi connectivity index (χ2v) is 7.38. The summed E-state index contributed by atoms with van der Waals surface area (Å²) in [5, 5.41) is 6.04. The lowest BCUT2D eigenvalue weighted by Gasteiger charge is -2.16. The topological polar surface area (TPSA) is 58.2 Å². The lowest BCUT2D eigenvalue weighted by atomic mass is 10.0. The molecular weight excluding hydrogens is 372 g/mol. The minimum absolute atomic E-state index is 0.287. The normalized spacial score (nSPS) is 10.5. The highest BCUT2D eigenvalue weighted by Gasteiger charge is 2.19. The Kier molecular flexibility index (Phi) is 6.68. The van der Waals surface area contributed by atoms with Gasteiger partial charge in [-0.25, -0.2) is 0 Å². The van der Waals surface area contributed by atoms with Gasteiger partial charge in [-0.1, -0.05) is 62.4 Å². The van der Waals surface area contributed by atoms with E-state index in [1.807, 2.05) is 50.2 Å². The molecule has 0 aromatic heterocycles. The molecule has 0 aliphatic carbocycles. The predicted octanol–water partition coefficient (Wildman–Crippen LogP) is 5.93. The van der Waals surface area contributed by atoms with Crippen molar-refractivity contribution in [1.82, 2.24) is 0 Å². The van der Waals surface area contributed by atoms with Gasteiger partial charge in [-0.05, 0) is 61.1 Å². The Labute approximate surface area is 178 Å². The van der Waals surface area contributed by atoms with Gasteiger partial charge in [-0.15, -0.1) is 0 Å². The van der Waals surface area contributed by atoms with Crippen LogP contribution in [0.5, 0.6) is 0 Å². The fourth-order valence-corrected chi connectivity index (χ4v) is 3.64. The molecule has 3 rings (SSSR count). The van der Waals surface area contributed by atoms with Gasteiger partial charge in [0, 0.05) is 11.4 Å². The van der Waals surface area contributed by atoms with Crippen LogP contribution in [0.4, 0.5) is 11.4 Å². The summed E-state index contributed by atoms with van der Waals surface area (Å²) in [7, 11) is 0. The van der Waals surface area contributed by atoms with Crippen LogP contribution in [0.1, 0.15) is 56.8 Å². The number of amides is 2. The fourth-order valence-electron chi connectivity index (χ4n) is 3.64. The van der Waals surface area contributed by atoms with Gasteiger partial charge < -0.3 is 10.6 Å². The zero-order valence-corrected chi connectivity index (χ0v) is 18.0. The van der Waals surface area contributed by atoms with E-state index in [9.17, 15) is 9.59 Å². The first-order valence-electron chi connectivity index (χ1n) is 10.3. The molecule has 0 saturated carbocycles. The highest BCUT2D eigenvalue weighted by atomic mass is 16.2. The zero-order valence-electron chi connectivity index (χ0n) is 18.0. The third-order valence-corrected chi connectivity index (χ3v) is 5.37. The SMILES string of the molecule is CCc1cccc(C)c1NC(=O)c1ccccc1C(=O)Nc1c(C)cccc1CC. The Balaban J connectivity index is 1.92. The molecule has 0 bridgehead atoms. The molecule has 0 radical (unpaired) electrons. The Morgan fingerprint density at radius 2 is 1.03 bits per heavy atom. The van der Waals surface area contributed by atoms with Crippen molar-refractivity contribution in [2.45, 2.75) is 40.5 Å². The van der Waals surface area contributed by atoms with Crippen LogP contribution in [0.15, 0.2) is 60.7 Å². The molecule has 0 unspecified atom stereocenters. The van der Waals surface area contributed by atoms with Gasteiger partial charge in [0.1, 0.15) is 0 Å². The second kappa shape index (κ2) is 9.40. The first kappa shape index (κ1) is 21.3. The van der Waals surface area contributed by atoms with Gasteiger partial charge in [0.2, 0.25) is 0 Å². The summed E-state index contributed by atoms with van der Waals surface area (Å²) in [5.74, 6) is -0.574. The van der Waals surface area contributed by atoms with Gasteiger partial charge in [-0.2, -0.15) is 0 Å². The van der Waals surface area contributed by atoms with E-state index < -0.39 is 0 Å². The van der Waals surface area contributed by atoms with Crippen molar-refractivity contribution in [2.24, 2.45) is 0 Å². The summed E-state index contributed by atoms with van der Waals surface area (Å²) in [4.78, 5) is 26.2. The van der Waals surface area contributed by atoms with E-state index in [-0.39, 0.29) is 11.8 Å². The second-order valence-electron chi connectivity index (χ2n) is 7.38. The molecule has 0 fully saturated rings. The maximum absolute atomic E-state index is 13.1.